The van der Waals surface area contributed by atoms with Crippen molar-refractivity contribution in [1.82, 2.24) is 19.7 Å². The minimum absolute atomic E-state index is 0.0539. The van der Waals surface area contributed by atoms with E-state index in [0.717, 1.165) is 36.6 Å². The van der Waals surface area contributed by atoms with E-state index in [0.29, 0.717) is 29.5 Å². The molecule has 2 aromatic carbocycles. The molecule has 1 fully saturated rings. The number of hydrogen-bond donors (Lipinski definition) is 1. The summed E-state index contributed by atoms with van der Waals surface area (Å²) in [5.74, 6) is 3.24. The van der Waals surface area contributed by atoms with Gasteiger partial charge >= 0.3 is 0 Å². The van der Waals surface area contributed by atoms with Gasteiger partial charge in [0.2, 0.25) is 5.91 Å². The van der Waals surface area contributed by atoms with E-state index in [1.54, 1.807) is 38.6 Å². The third kappa shape index (κ3) is 4.86. The minimum Gasteiger partial charge on any atom is -0.497 e. The number of ether oxygens (including phenoxy) is 2. The highest BCUT2D eigenvalue weighted by atomic mass is 16.5. The third-order valence-electron chi connectivity index (χ3n) is 6.34. The van der Waals surface area contributed by atoms with Gasteiger partial charge in [-0.05, 0) is 37.1 Å². The van der Waals surface area contributed by atoms with Crippen LogP contribution in [0.5, 0.6) is 11.5 Å². The molecule has 0 saturated carbocycles. The highest BCUT2D eigenvalue weighted by molar-refractivity contribution is 5.94. The number of carbonyl (C=O) groups is 1. The van der Waals surface area contributed by atoms with Crippen molar-refractivity contribution in [2.75, 3.05) is 37.5 Å². The van der Waals surface area contributed by atoms with E-state index in [-0.39, 0.29) is 11.8 Å². The topological polar surface area (TPSA) is 94.4 Å². The number of nitrogens with one attached hydrogen (secondary N) is 1. The number of hydrogen-bond acceptors (Lipinski definition) is 7. The predicted molar refractivity (Wildman–Crippen MR) is 138 cm³/mol. The molecule has 0 radical (unpaired) electrons. The van der Waals surface area contributed by atoms with Crippen molar-refractivity contribution in [3.63, 3.8) is 0 Å². The molecule has 4 aromatic rings. The molecule has 9 nitrogen and oxygen atoms in total. The lowest BCUT2D eigenvalue weighted by atomic mass is 9.97. The minimum atomic E-state index is -0.186. The summed E-state index contributed by atoms with van der Waals surface area (Å²) in [7, 11) is 3.17. The van der Waals surface area contributed by atoms with Crippen LogP contribution < -0.4 is 19.7 Å². The summed E-state index contributed by atoms with van der Waals surface area (Å²) in [5.41, 5.74) is 1.60. The summed E-state index contributed by atoms with van der Waals surface area (Å²) in [6.45, 7) is 1.38. The second-order valence-corrected chi connectivity index (χ2v) is 8.58. The normalized spacial score (nSPS) is 15.4. The lowest BCUT2D eigenvalue weighted by Gasteiger charge is -2.32. The molecule has 1 atom stereocenters. The Labute approximate surface area is 209 Å². The number of rotatable bonds is 7. The smallest absolute Gasteiger partial charge is 0.229 e. The van der Waals surface area contributed by atoms with Crippen molar-refractivity contribution >= 4 is 17.4 Å². The molecule has 9 heteroatoms. The molecular formula is C27H28N6O3. The Morgan fingerprint density at radius 1 is 1.00 bits per heavy atom. The van der Waals surface area contributed by atoms with Gasteiger partial charge in [0.25, 0.3) is 0 Å². The molecule has 0 aliphatic carbocycles. The van der Waals surface area contributed by atoms with Gasteiger partial charge in [0.05, 0.1) is 25.8 Å². The molecule has 1 amide bonds. The zero-order chi connectivity index (χ0) is 24.9. The van der Waals surface area contributed by atoms with E-state index in [2.05, 4.69) is 25.4 Å². The quantitative estimate of drug-likeness (QED) is 0.420. The van der Waals surface area contributed by atoms with Gasteiger partial charge < -0.3 is 19.7 Å². The van der Waals surface area contributed by atoms with Gasteiger partial charge in [-0.25, -0.2) is 4.98 Å². The van der Waals surface area contributed by atoms with Crippen molar-refractivity contribution in [2.24, 2.45) is 5.92 Å². The zero-order valence-corrected chi connectivity index (χ0v) is 20.3. The van der Waals surface area contributed by atoms with Gasteiger partial charge in [0, 0.05) is 37.1 Å². The Kier molecular flexibility index (Phi) is 6.79. The van der Waals surface area contributed by atoms with Gasteiger partial charge in [-0.3, -0.25) is 9.36 Å². The number of piperidine rings is 1. The lowest BCUT2D eigenvalue weighted by Crippen LogP contribution is -2.41. The van der Waals surface area contributed by atoms with Crippen LogP contribution in [0.4, 0.5) is 11.5 Å². The van der Waals surface area contributed by atoms with Crippen molar-refractivity contribution in [2.45, 2.75) is 12.8 Å². The van der Waals surface area contributed by atoms with E-state index in [1.807, 2.05) is 53.2 Å². The molecule has 1 aliphatic rings. The number of aromatic nitrogens is 4. The average molecular weight is 485 g/mol. The maximum absolute atomic E-state index is 13.1. The maximum Gasteiger partial charge on any atom is 0.229 e. The lowest BCUT2D eigenvalue weighted by molar-refractivity contribution is -0.120. The first-order valence-corrected chi connectivity index (χ1v) is 11.9. The first-order chi connectivity index (χ1) is 17.7. The fourth-order valence-electron chi connectivity index (χ4n) is 4.45. The monoisotopic (exact) mass is 484 g/mol. The van der Waals surface area contributed by atoms with Crippen LogP contribution in [0, 0.1) is 5.92 Å². The van der Waals surface area contributed by atoms with E-state index in [4.69, 9.17) is 9.47 Å². The Balaban J connectivity index is 1.29. The number of benzene rings is 2. The van der Waals surface area contributed by atoms with Crippen LogP contribution in [-0.4, -0.2) is 53.0 Å². The van der Waals surface area contributed by atoms with Crippen LogP contribution in [0.2, 0.25) is 0 Å². The van der Waals surface area contributed by atoms with Gasteiger partial charge in [-0.15, -0.1) is 10.2 Å². The summed E-state index contributed by atoms with van der Waals surface area (Å²) in [6.07, 6.45) is 5.31. The molecule has 36 heavy (non-hydrogen) atoms. The largest absolute Gasteiger partial charge is 0.497 e. The summed E-state index contributed by atoms with van der Waals surface area (Å²) in [5, 5.41) is 12.0. The molecule has 1 unspecified atom stereocenters. The fraction of sp³-hybridized carbons (Fsp3) is 0.259. The van der Waals surface area contributed by atoms with Crippen molar-refractivity contribution < 1.29 is 14.3 Å². The summed E-state index contributed by atoms with van der Waals surface area (Å²) >= 11 is 0. The van der Waals surface area contributed by atoms with Crippen molar-refractivity contribution in [1.29, 1.82) is 0 Å². The Morgan fingerprint density at radius 2 is 1.81 bits per heavy atom. The second-order valence-electron chi connectivity index (χ2n) is 8.58. The number of imidazole rings is 1. The highest BCUT2D eigenvalue weighted by Gasteiger charge is 2.27. The van der Waals surface area contributed by atoms with Gasteiger partial charge in [0.15, 0.2) is 11.6 Å². The summed E-state index contributed by atoms with van der Waals surface area (Å²) in [4.78, 5) is 19.7. The molecule has 0 bridgehead atoms. The van der Waals surface area contributed by atoms with Crippen LogP contribution in [0.3, 0.4) is 0 Å². The number of anilines is 2. The SMILES string of the molecule is COc1ccc(OC)c(NC(=O)C2CCCN(c3ccc(-n4ccnc4-c4ccccc4)nn3)C2)c1. The number of amides is 1. The second kappa shape index (κ2) is 10.5. The third-order valence-corrected chi connectivity index (χ3v) is 6.34. The Hall–Kier alpha value is -4.40. The fourth-order valence-corrected chi connectivity index (χ4v) is 4.45. The predicted octanol–water partition coefficient (Wildman–Crippen LogP) is 4.20. The highest BCUT2D eigenvalue weighted by Crippen LogP contribution is 2.30. The number of carbonyl (C=O) groups excluding carboxylic acids is 1. The van der Waals surface area contributed by atoms with Crippen LogP contribution in [0.15, 0.2) is 73.1 Å². The van der Waals surface area contributed by atoms with Crippen molar-refractivity contribution in [3.05, 3.63) is 73.1 Å². The van der Waals surface area contributed by atoms with E-state index >= 15 is 0 Å². The number of methoxy groups -OCH3 is 2. The standard InChI is InChI=1S/C27H28N6O3/c1-35-21-10-11-23(36-2)22(17-21)29-27(34)20-9-6-15-32(18-20)24-12-13-25(31-30-24)33-16-14-28-26(33)19-7-4-3-5-8-19/h3-5,7-8,10-14,16-17,20H,6,9,15,18H2,1-2H3,(H,29,34). The molecule has 2 aromatic heterocycles. The Bertz CT molecular complexity index is 1320. The van der Waals surface area contributed by atoms with E-state index in [9.17, 15) is 4.79 Å². The Morgan fingerprint density at radius 3 is 2.56 bits per heavy atom. The molecule has 1 N–H and O–H groups in total. The molecule has 3 heterocycles. The average Bonchev–Trinajstić information content (AvgIpc) is 3.44. The first kappa shape index (κ1) is 23.3. The molecule has 1 aliphatic heterocycles. The van der Waals surface area contributed by atoms with Crippen LogP contribution in [0.1, 0.15) is 12.8 Å². The van der Waals surface area contributed by atoms with Gasteiger partial charge in [0.1, 0.15) is 17.3 Å². The summed E-state index contributed by atoms with van der Waals surface area (Å²) in [6, 6.07) is 19.2. The number of nitrogens with zero attached hydrogens (tertiary/aromatic N) is 5. The molecule has 5 rings (SSSR count). The summed E-state index contributed by atoms with van der Waals surface area (Å²) < 4.78 is 12.6. The molecule has 184 valence electrons. The van der Waals surface area contributed by atoms with Gasteiger partial charge in [-0.1, -0.05) is 30.3 Å². The molecule has 1 saturated heterocycles. The van der Waals surface area contributed by atoms with Crippen molar-refractivity contribution in [3.8, 4) is 28.7 Å². The first-order valence-electron chi connectivity index (χ1n) is 11.9. The maximum atomic E-state index is 13.1. The molecular weight excluding hydrogens is 456 g/mol. The van der Waals surface area contributed by atoms with Gasteiger partial charge in [-0.2, -0.15) is 0 Å². The molecule has 0 spiro atoms. The van der Waals surface area contributed by atoms with E-state index in [1.165, 1.54) is 0 Å². The van der Waals surface area contributed by atoms with Crippen LogP contribution in [0.25, 0.3) is 17.2 Å². The zero-order valence-electron chi connectivity index (χ0n) is 20.3. The van der Waals surface area contributed by atoms with Crippen LogP contribution >= 0.6 is 0 Å². The van der Waals surface area contributed by atoms with E-state index < -0.39 is 0 Å². The van der Waals surface area contributed by atoms with Crippen LogP contribution in [-0.2, 0) is 4.79 Å².